The van der Waals surface area contributed by atoms with Crippen molar-refractivity contribution in [2.75, 3.05) is 0 Å². The van der Waals surface area contributed by atoms with Crippen molar-refractivity contribution in [3.8, 4) is 0 Å². The molecule has 0 saturated heterocycles. The first-order chi connectivity index (χ1) is 8.27. The molecule has 1 fully saturated rings. The van der Waals surface area contributed by atoms with E-state index in [0.29, 0.717) is 12.6 Å². The number of hydrogen-bond donors (Lipinski definition) is 2. The van der Waals surface area contributed by atoms with Crippen LogP contribution in [0, 0.1) is 0 Å². The molecule has 0 aliphatic heterocycles. The van der Waals surface area contributed by atoms with E-state index < -0.39 is 5.97 Å². The zero-order valence-electron chi connectivity index (χ0n) is 9.95. The van der Waals surface area contributed by atoms with E-state index in [2.05, 4.69) is 5.32 Å². The third-order valence-corrected chi connectivity index (χ3v) is 3.38. The van der Waals surface area contributed by atoms with Crippen molar-refractivity contribution in [3.63, 3.8) is 0 Å². The molecule has 1 heterocycles. The van der Waals surface area contributed by atoms with Crippen LogP contribution in [0.5, 0.6) is 0 Å². The molecule has 0 spiro atoms. The van der Waals surface area contributed by atoms with Gasteiger partial charge in [-0.05, 0) is 18.9 Å². The maximum Gasteiger partial charge on any atom is 0.372 e. The highest BCUT2D eigenvalue weighted by Gasteiger charge is 2.16. The van der Waals surface area contributed by atoms with E-state index in [0.717, 1.165) is 5.56 Å². The van der Waals surface area contributed by atoms with Gasteiger partial charge in [-0.3, -0.25) is 0 Å². The summed E-state index contributed by atoms with van der Waals surface area (Å²) in [4.78, 5) is 10.9. The topological polar surface area (TPSA) is 62.5 Å². The van der Waals surface area contributed by atoms with E-state index in [4.69, 9.17) is 9.52 Å². The smallest absolute Gasteiger partial charge is 0.372 e. The van der Waals surface area contributed by atoms with Crippen LogP contribution in [-0.4, -0.2) is 17.1 Å². The molecule has 0 aromatic carbocycles. The van der Waals surface area contributed by atoms with Crippen molar-refractivity contribution < 1.29 is 14.3 Å². The summed E-state index contributed by atoms with van der Waals surface area (Å²) in [5.41, 5.74) is 0.738. The van der Waals surface area contributed by atoms with Gasteiger partial charge in [0.25, 0.3) is 0 Å². The largest absolute Gasteiger partial charge is 0.475 e. The Labute approximate surface area is 101 Å². The Morgan fingerprint density at radius 3 is 2.71 bits per heavy atom. The SMILES string of the molecule is O=C(O)c1occc1CNC1CCCCCC1. The highest BCUT2D eigenvalue weighted by Crippen LogP contribution is 2.18. The van der Waals surface area contributed by atoms with E-state index in [-0.39, 0.29) is 5.76 Å². The molecule has 0 amide bonds. The fourth-order valence-electron chi connectivity index (χ4n) is 2.40. The third kappa shape index (κ3) is 3.33. The van der Waals surface area contributed by atoms with Crippen LogP contribution in [0.2, 0.25) is 0 Å². The number of carbonyl (C=O) groups is 1. The first-order valence-corrected chi connectivity index (χ1v) is 6.30. The number of rotatable bonds is 4. The normalized spacial score (nSPS) is 17.9. The average Bonchev–Trinajstić information content (AvgIpc) is 2.63. The lowest BCUT2D eigenvalue weighted by molar-refractivity contribution is 0.0660. The van der Waals surface area contributed by atoms with Crippen molar-refractivity contribution in [3.05, 3.63) is 23.7 Å². The second-order valence-electron chi connectivity index (χ2n) is 4.65. The molecule has 1 saturated carbocycles. The van der Waals surface area contributed by atoms with Gasteiger partial charge in [-0.15, -0.1) is 0 Å². The monoisotopic (exact) mass is 237 g/mol. The molecule has 0 radical (unpaired) electrons. The molecule has 2 rings (SSSR count). The maximum absolute atomic E-state index is 10.9. The van der Waals surface area contributed by atoms with E-state index in [1.165, 1.54) is 44.8 Å². The fraction of sp³-hybridized carbons (Fsp3) is 0.615. The van der Waals surface area contributed by atoms with E-state index in [1.54, 1.807) is 6.07 Å². The van der Waals surface area contributed by atoms with Crippen LogP contribution < -0.4 is 5.32 Å². The molecule has 0 atom stereocenters. The summed E-state index contributed by atoms with van der Waals surface area (Å²) in [7, 11) is 0. The van der Waals surface area contributed by atoms with Gasteiger partial charge < -0.3 is 14.8 Å². The molecular formula is C13H19NO3. The van der Waals surface area contributed by atoms with Gasteiger partial charge >= 0.3 is 5.97 Å². The Bertz CT molecular complexity index is 364. The molecule has 0 unspecified atom stereocenters. The van der Waals surface area contributed by atoms with Crippen molar-refractivity contribution in [2.24, 2.45) is 0 Å². The van der Waals surface area contributed by atoms with Gasteiger partial charge in [-0.2, -0.15) is 0 Å². The van der Waals surface area contributed by atoms with Crippen LogP contribution >= 0.6 is 0 Å². The predicted molar refractivity (Wildman–Crippen MR) is 64.0 cm³/mol. The van der Waals surface area contributed by atoms with Gasteiger partial charge in [0.15, 0.2) is 0 Å². The summed E-state index contributed by atoms with van der Waals surface area (Å²) < 4.78 is 4.95. The van der Waals surface area contributed by atoms with E-state index >= 15 is 0 Å². The molecule has 2 N–H and O–H groups in total. The molecule has 1 aromatic heterocycles. The zero-order chi connectivity index (χ0) is 12.1. The standard InChI is InChI=1S/C13H19NO3/c15-13(16)12-10(7-8-17-12)9-14-11-5-3-1-2-4-6-11/h7-8,11,14H,1-6,9H2,(H,15,16). The van der Waals surface area contributed by atoms with Crippen LogP contribution in [0.1, 0.15) is 54.6 Å². The number of furan rings is 1. The molecule has 1 aromatic rings. The van der Waals surface area contributed by atoms with E-state index in [1.807, 2.05) is 0 Å². The molecule has 17 heavy (non-hydrogen) atoms. The maximum atomic E-state index is 10.9. The Balaban J connectivity index is 1.88. The summed E-state index contributed by atoms with van der Waals surface area (Å²) >= 11 is 0. The minimum atomic E-state index is -0.993. The van der Waals surface area contributed by atoms with Crippen LogP contribution in [0.25, 0.3) is 0 Å². The Kier molecular flexibility index (Phi) is 4.20. The third-order valence-electron chi connectivity index (χ3n) is 3.38. The van der Waals surface area contributed by atoms with Crippen molar-refractivity contribution >= 4 is 5.97 Å². The lowest BCUT2D eigenvalue weighted by Crippen LogP contribution is -2.28. The Morgan fingerprint density at radius 1 is 1.35 bits per heavy atom. The average molecular weight is 237 g/mol. The lowest BCUT2D eigenvalue weighted by Gasteiger charge is -2.15. The van der Waals surface area contributed by atoms with Crippen molar-refractivity contribution in [2.45, 2.75) is 51.1 Å². The van der Waals surface area contributed by atoms with Gasteiger partial charge in [-0.25, -0.2) is 4.79 Å². The Hall–Kier alpha value is -1.29. The van der Waals surface area contributed by atoms with Gasteiger partial charge in [0.05, 0.1) is 6.26 Å². The number of hydrogen-bond acceptors (Lipinski definition) is 3. The second-order valence-corrected chi connectivity index (χ2v) is 4.65. The highest BCUT2D eigenvalue weighted by atomic mass is 16.4. The van der Waals surface area contributed by atoms with Crippen LogP contribution in [-0.2, 0) is 6.54 Å². The number of carboxylic acids is 1. The first-order valence-electron chi connectivity index (χ1n) is 6.30. The molecule has 4 heteroatoms. The van der Waals surface area contributed by atoms with Gasteiger partial charge in [0.2, 0.25) is 5.76 Å². The second kappa shape index (κ2) is 5.87. The summed E-state index contributed by atoms with van der Waals surface area (Å²) in [6, 6.07) is 2.25. The molecule has 1 aliphatic carbocycles. The van der Waals surface area contributed by atoms with Crippen LogP contribution in [0.3, 0.4) is 0 Å². The summed E-state index contributed by atoms with van der Waals surface area (Å²) in [5.74, 6) is -0.932. The highest BCUT2D eigenvalue weighted by molar-refractivity contribution is 5.86. The van der Waals surface area contributed by atoms with Crippen LogP contribution in [0.4, 0.5) is 0 Å². The molecule has 0 bridgehead atoms. The van der Waals surface area contributed by atoms with Crippen molar-refractivity contribution in [1.82, 2.24) is 5.32 Å². The number of aromatic carboxylic acids is 1. The molecule has 1 aliphatic rings. The van der Waals surface area contributed by atoms with Crippen molar-refractivity contribution in [1.29, 1.82) is 0 Å². The lowest BCUT2D eigenvalue weighted by atomic mass is 10.1. The zero-order valence-corrected chi connectivity index (χ0v) is 9.95. The number of nitrogens with one attached hydrogen (secondary N) is 1. The minimum absolute atomic E-state index is 0.0612. The van der Waals surface area contributed by atoms with Gasteiger partial charge in [0, 0.05) is 18.2 Å². The summed E-state index contributed by atoms with van der Waals surface area (Å²) in [6.07, 6.45) is 9.02. The molecular weight excluding hydrogens is 218 g/mol. The summed E-state index contributed by atoms with van der Waals surface area (Å²) in [6.45, 7) is 0.586. The van der Waals surface area contributed by atoms with E-state index in [9.17, 15) is 4.79 Å². The van der Waals surface area contributed by atoms with Gasteiger partial charge in [0.1, 0.15) is 0 Å². The van der Waals surface area contributed by atoms with Crippen LogP contribution in [0.15, 0.2) is 16.7 Å². The Morgan fingerprint density at radius 2 is 2.06 bits per heavy atom. The minimum Gasteiger partial charge on any atom is -0.475 e. The number of carboxylic acid groups (broad SMARTS) is 1. The van der Waals surface area contributed by atoms with Gasteiger partial charge in [-0.1, -0.05) is 25.7 Å². The quantitative estimate of drug-likeness (QED) is 0.790. The first kappa shape index (κ1) is 12.2. The fourth-order valence-corrected chi connectivity index (χ4v) is 2.40. The predicted octanol–water partition coefficient (Wildman–Crippen LogP) is 2.79. The molecule has 4 nitrogen and oxygen atoms in total. The molecule has 94 valence electrons. The summed E-state index contributed by atoms with van der Waals surface area (Å²) in [5, 5.41) is 12.4.